The van der Waals surface area contributed by atoms with Crippen LogP contribution in [0.1, 0.15) is 12.1 Å². The topological polar surface area (TPSA) is 55.6 Å². The predicted octanol–water partition coefficient (Wildman–Crippen LogP) is 3.12. The van der Waals surface area contributed by atoms with E-state index in [2.05, 4.69) is 10.3 Å². The molecule has 0 aliphatic carbocycles. The molecule has 0 unspecified atom stereocenters. The van der Waals surface area contributed by atoms with Crippen LogP contribution >= 0.6 is 11.6 Å². The van der Waals surface area contributed by atoms with Gasteiger partial charge in [-0.3, -0.25) is 4.79 Å². The van der Waals surface area contributed by atoms with Crippen LogP contribution in [0.25, 0.3) is 5.65 Å². The van der Waals surface area contributed by atoms with Crippen molar-refractivity contribution in [3.63, 3.8) is 0 Å². The number of rotatable bonds is 7. The molecule has 1 aromatic carbocycles. The maximum Gasteiger partial charge on any atom is 0.220 e. The van der Waals surface area contributed by atoms with E-state index in [4.69, 9.17) is 16.3 Å². The first-order chi connectivity index (χ1) is 11.7. The Kier molecular flexibility index (Phi) is 5.33. The molecule has 0 saturated carbocycles. The number of amides is 1. The number of carbonyl (C=O) groups excluding carboxylic acids is 1. The summed E-state index contributed by atoms with van der Waals surface area (Å²) < 4.78 is 7.48. The summed E-state index contributed by atoms with van der Waals surface area (Å²) in [6.45, 7) is 0.819. The van der Waals surface area contributed by atoms with Crippen LogP contribution in [0.3, 0.4) is 0 Å². The highest BCUT2D eigenvalue weighted by Gasteiger charge is 2.06. The van der Waals surface area contributed by atoms with Crippen LogP contribution in [0.4, 0.5) is 0 Å². The van der Waals surface area contributed by atoms with Crippen molar-refractivity contribution in [1.29, 1.82) is 0 Å². The SMILES string of the molecule is O=C(CCc1cn2ccccc2n1)NCCOc1ccccc1Cl. The summed E-state index contributed by atoms with van der Waals surface area (Å²) in [6.07, 6.45) is 4.90. The van der Waals surface area contributed by atoms with Gasteiger partial charge >= 0.3 is 0 Å². The molecule has 3 rings (SSSR count). The molecule has 1 N–H and O–H groups in total. The first-order valence-electron chi connectivity index (χ1n) is 7.79. The number of nitrogens with one attached hydrogen (secondary N) is 1. The Balaban J connectivity index is 1.39. The van der Waals surface area contributed by atoms with E-state index in [1.807, 2.05) is 47.1 Å². The van der Waals surface area contributed by atoms with Gasteiger partial charge in [0, 0.05) is 18.8 Å². The zero-order chi connectivity index (χ0) is 16.8. The highest BCUT2D eigenvalue weighted by molar-refractivity contribution is 6.32. The van der Waals surface area contributed by atoms with Gasteiger partial charge in [0.25, 0.3) is 0 Å². The van der Waals surface area contributed by atoms with E-state index in [1.165, 1.54) is 0 Å². The van der Waals surface area contributed by atoms with E-state index < -0.39 is 0 Å². The lowest BCUT2D eigenvalue weighted by molar-refractivity contribution is -0.121. The van der Waals surface area contributed by atoms with Crippen LogP contribution in [0.2, 0.25) is 5.02 Å². The van der Waals surface area contributed by atoms with Gasteiger partial charge in [0.15, 0.2) is 0 Å². The number of hydrogen-bond donors (Lipinski definition) is 1. The average Bonchev–Trinajstić information content (AvgIpc) is 3.01. The molecular weight excluding hydrogens is 326 g/mol. The van der Waals surface area contributed by atoms with E-state index >= 15 is 0 Å². The minimum atomic E-state index is -0.0187. The van der Waals surface area contributed by atoms with Gasteiger partial charge in [-0.15, -0.1) is 0 Å². The molecule has 124 valence electrons. The lowest BCUT2D eigenvalue weighted by Crippen LogP contribution is -2.28. The second-order valence-corrected chi connectivity index (χ2v) is 5.73. The van der Waals surface area contributed by atoms with Crippen LogP contribution in [-0.4, -0.2) is 28.4 Å². The number of carbonyl (C=O) groups is 1. The van der Waals surface area contributed by atoms with Crippen molar-refractivity contribution < 1.29 is 9.53 Å². The van der Waals surface area contributed by atoms with Crippen molar-refractivity contribution in [2.24, 2.45) is 0 Å². The van der Waals surface area contributed by atoms with Gasteiger partial charge in [0.05, 0.1) is 17.3 Å². The Morgan fingerprint density at radius 2 is 2.04 bits per heavy atom. The third-order valence-electron chi connectivity index (χ3n) is 3.54. The third kappa shape index (κ3) is 4.26. The first-order valence-corrected chi connectivity index (χ1v) is 8.17. The van der Waals surface area contributed by atoms with Crippen molar-refractivity contribution in [2.75, 3.05) is 13.2 Å². The molecule has 2 heterocycles. The number of halogens is 1. The normalized spacial score (nSPS) is 10.7. The Morgan fingerprint density at radius 1 is 1.21 bits per heavy atom. The molecule has 6 heteroatoms. The van der Waals surface area contributed by atoms with Crippen LogP contribution in [0, 0.1) is 0 Å². The van der Waals surface area contributed by atoms with E-state index in [-0.39, 0.29) is 5.91 Å². The maximum atomic E-state index is 11.9. The highest BCUT2D eigenvalue weighted by atomic mass is 35.5. The van der Waals surface area contributed by atoms with Crippen molar-refractivity contribution in [3.8, 4) is 5.75 Å². The number of benzene rings is 1. The van der Waals surface area contributed by atoms with Gasteiger partial charge < -0.3 is 14.5 Å². The quantitative estimate of drug-likeness (QED) is 0.671. The standard InChI is InChI=1S/C18H18ClN3O2/c19-15-5-1-2-6-16(15)24-12-10-20-18(23)9-8-14-13-22-11-4-3-7-17(22)21-14/h1-7,11,13H,8-10,12H2,(H,20,23). The number of pyridine rings is 1. The summed E-state index contributed by atoms with van der Waals surface area (Å²) in [4.78, 5) is 16.4. The van der Waals surface area contributed by atoms with Crippen molar-refractivity contribution >= 4 is 23.2 Å². The van der Waals surface area contributed by atoms with Gasteiger partial charge in [-0.05, 0) is 30.7 Å². The minimum Gasteiger partial charge on any atom is -0.490 e. The molecule has 5 nitrogen and oxygen atoms in total. The van der Waals surface area contributed by atoms with E-state index in [1.54, 1.807) is 12.1 Å². The van der Waals surface area contributed by atoms with Crippen molar-refractivity contribution in [3.05, 3.63) is 65.6 Å². The second kappa shape index (κ2) is 7.84. The summed E-state index contributed by atoms with van der Waals surface area (Å²) in [5.41, 5.74) is 1.80. The fraction of sp³-hybridized carbons (Fsp3) is 0.222. The molecule has 0 atom stereocenters. The first kappa shape index (κ1) is 16.3. The van der Waals surface area contributed by atoms with Crippen LogP contribution < -0.4 is 10.1 Å². The van der Waals surface area contributed by atoms with Crippen LogP contribution in [-0.2, 0) is 11.2 Å². The lowest BCUT2D eigenvalue weighted by atomic mass is 10.2. The fourth-order valence-electron chi connectivity index (χ4n) is 2.35. The summed E-state index contributed by atoms with van der Waals surface area (Å²) in [7, 11) is 0. The van der Waals surface area contributed by atoms with Gasteiger partial charge in [0.2, 0.25) is 5.91 Å². The van der Waals surface area contributed by atoms with Gasteiger partial charge in [-0.1, -0.05) is 29.8 Å². The van der Waals surface area contributed by atoms with Gasteiger partial charge in [-0.25, -0.2) is 4.98 Å². The number of hydrogen-bond acceptors (Lipinski definition) is 3. The van der Waals surface area contributed by atoms with Gasteiger partial charge in [0.1, 0.15) is 18.0 Å². The number of aryl methyl sites for hydroxylation is 1. The van der Waals surface area contributed by atoms with E-state index in [0.717, 1.165) is 11.3 Å². The van der Waals surface area contributed by atoms with E-state index in [9.17, 15) is 4.79 Å². The second-order valence-electron chi connectivity index (χ2n) is 5.33. The van der Waals surface area contributed by atoms with Crippen LogP contribution in [0.15, 0.2) is 54.9 Å². The lowest BCUT2D eigenvalue weighted by Gasteiger charge is -2.08. The third-order valence-corrected chi connectivity index (χ3v) is 3.85. The smallest absolute Gasteiger partial charge is 0.220 e. The number of aromatic nitrogens is 2. The van der Waals surface area contributed by atoms with Crippen LogP contribution in [0.5, 0.6) is 5.75 Å². The largest absolute Gasteiger partial charge is 0.490 e. The maximum absolute atomic E-state index is 11.9. The Bertz CT molecular complexity index is 799. The summed E-state index contributed by atoms with van der Waals surface area (Å²) in [6, 6.07) is 13.1. The molecule has 0 bridgehead atoms. The number of fused-ring (bicyclic) bond motifs is 1. The Morgan fingerprint density at radius 3 is 2.88 bits per heavy atom. The van der Waals surface area contributed by atoms with Crippen molar-refractivity contribution in [2.45, 2.75) is 12.8 Å². The molecule has 0 saturated heterocycles. The molecule has 1 amide bonds. The average molecular weight is 344 g/mol. The molecule has 0 fully saturated rings. The molecular formula is C18H18ClN3O2. The Labute approximate surface area is 145 Å². The molecule has 0 aliphatic heterocycles. The molecule has 0 spiro atoms. The zero-order valence-corrected chi connectivity index (χ0v) is 13.9. The highest BCUT2D eigenvalue weighted by Crippen LogP contribution is 2.22. The predicted molar refractivity (Wildman–Crippen MR) is 93.5 cm³/mol. The van der Waals surface area contributed by atoms with Crippen molar-refractivity contribution in [1.82, 2.24) is 14.7 Å². The minimum absolute atomic E-state index is 0.0187. The number of imidazole rings is 1. The molecule has 3 aromatic rings. The molecule has 0 aliphatic rings. The zero-order valence-electron chi connectivity index (χ0n) is 13.1. The monoisotopic (exact) mass is 343 g/mol. The number of nitrogens with zero attached hydrogens (tertiary/aromatic N) is 2. The summed E-state index contributed by atoms with van der Waals surface area (Å²) in [5.74, 6) is 0.605. The fourth-order valence-corrected chi connectivity index (χ4v) is 2.54. The molecule has 24 heavy (non-hydrogen) atoms. The van der Waals surface area contributed by atoms with Gasteiger partial charge in [-0.2, -0.15) is 0 Å². The van der Waals surface area contributed by atoms with E-state index in [0.29, 0.717) is 36.8 Å². The summed E-state index contributed by atoms with van der Waals surface area (Å²) in [5, 5.41) is 3.40. The number of ether oxygens (including phenoxy) is 1. The number of para-hydroxylation sites is 1. The summed E-state index contributed by atoms with van der Waals surface area (Å²) >= 11 is 6.00. The Hall–Kier alpha value is -2.53. The molecule has 2 aromatic heterocycles. The molecule has 0 radical (unpaired) electrons.